The fourth-order valence-electron chi connectivity index (χ4n) is 2.83. The van der Waals surface area contributed by atoms with Crippen LogP contribution in [0.4, 0.5) is 0 Å². The molecule has 0 bridgehead atoms. The van der Waals surface area contributed by atoms with Crippen LogP contribution >= 0.6 is 28.3 Å². The summed E-state index contributed by atoms with van der Waals surface area (Å²) in [6, 6.07) is 7.94. The van der Waals surface area contributed by atoms with Crippen LogP contribution < -0.4 is 5.73 Å². The fraction of sp³-hybridized carbons (Fsp3) is 0.562. The molecule has 22 heavy (non-hydrogen) atoms. The number of carbonyl (C=O) groups is 1. The number of hydrogen-bond acceptors (Lipinski definition) is 3. The summed E-state index contributed by atoms with van der Waals surface area (Å²) in [6.07, 6.45) is 2.02. The van der Waals surface area contributed by atoms with Crippen LogP contribution in [0.3, 0.4) is 0 Å². The molecule has 6 heteroatoms. The van der Waals surface area contributed by atoms with E-state index < -0.39 is 5.54 Å². The Balaban J connectivity index is 0.00000242. The Morgan fingerprint density at radius 3 is 2.32 bits per heavy atom. The third-order valence-corrected chi connectivity index (χ3v) is 4.97. The van der Waals surface area contributed by atoms with E-state index in [1.165, 1.54) is 0 Å². The molecule has 1 aliphatic heterocycles. The molecule has 1 aliphatic rings. The minimum atomic E-state index is -0.987. The van der Waals surface area contributed by atoms with Crippen molar-refractivity contribution in [3.8, 4) is 0 Å². The minimum Gasteiger partial charge on any atom is -0.341 e. The van der Waals surface area contributed by atoms with Crippen molar-refractivity contribution < 1.29 is 4.79 Å². The molecule has 1 aromatic rings. The van der Waals surface area contributed by atoms with Gasteiger partial charge >= 0.3 is 0 Å². The number of amides is 1. The SMILES string of the molecule is CN1CCC(N(C)C(=O)C(C)(N)c2ccc(Br)cc2)CC1.Cl. The molecule has 0 aliphatic carbocycles. The predicted molar refractivity (Wildman–Crippen MR) is 96.2 cm³/mol. The number of piperidine rings is 1. The Bertz CT molecular complexity index is 499. The molecule has 0 spiro atoms. The van der Waals surface area contributed by atoms with Gasteiger partial charge in [0.1, 0.15) is 5.54 Å². The van der Waals surface area contributed by atoms with Gasteiger partial charge in [-0.3, -0.25) is 4.79 Å². The number of rotatable bonds is 3. The van der Waals surface area contributed by atoms with Crippen LogP contribution in [0, 0.1) is 0 Å². The van der Waals surface area contributed by atoms with Gasteiger partial charge in [0, 0.05) is 17.6 Å². The van der Waals surface area contributed by atoms with Gasteiger partial charge in [0.25, 0.3) is 0 Å². The van der Waals surface area contributed by atoms with Crippen molar-refractivity contribution in [3.05, 3.63) is 34.3 Å². The zero-order valence-electron chi connectivity index (χ0n) is 13.4. The van der Waals surface area contributed by atoms with Crippen molar-refractivity contribution in [2.45, 2.75) is 31.3 Å². The molecular formula is C16H25BrClN3O. The second-order valence-electron chi connectivity index (χ2n) is 6.16. The highest BCUT2D eigenvalue weighted by Gasteiger charge is 2.36. The van der Waals surface area contributed by atoms with Crippen molar-refractivity contribution in [2.24, 2.45) is 5.73 Å². The van der Waals surface area contributed by atoms with Crippen LogP contribution in [-0.4, -0.2) is 48.9 Å². The molecule has 2 N–H and O–H groups in total. The van der Waals surface area contributed by atoms with Gasteiger partial charge in [0.15, 0.2) is 0 Å². The maximum Gasteiger partial charge on any atom is 0.246 e. The van der Waals surface area contributed by atoms with Gasteiger partial charge in [-0.05, 0) is 57.6 Å². The maximum absolute atomic E-state index is 12.8. The highest BCUT2D eigenvalue weighted by molar-refractivity contribution is 9.10. The van der Waals surface area contributed by atoms with E-state index in [2.05, 4.69) is 27.9 Å². The predicted octanol–water partition coefficient (Wildman–Crippen LogP) is 2.60. The number of nitrogens with two attached hydrogens (primary N) is 1. The number of likely N-dealkylation sites (tertiary alicyclic amines) is 1. The first-order valence-electron chi connectivity index (χ1n) is 7.33. The monoisotopic (exact) mass is 389 g/mol. The van der Waals surface area contributed by atoms with Crippen molar-refractivity contribution in [3.63, 3.8) is 0 Å². The first-order chi connectivity index (χ1) is 9.82. The molecule has 1 atom stereocenters. The van der Waals surface area contributed by atoms with Crippen LogP contribution in [0.2, 0.25) is 0 Å². The first-order valence-corrected chi connectivity index (χ1v) is 8.12. The molecule has 0 aromatic heterocycles. The van der Waals surface area contributed by atoms with E-state index in [-0.39, 0.29) is 24.4 Å². The van der Waals surface area contributed by atoms with Crippen molar-refractivity contribution >= 4 is 34.2 Å². The molecule has 1 unspecified atom stereocenters. The normalized spacial score (nSPS) is 19.1. The number of nitrogens with zero attached hydrogens (tertiary/aromatic N) is 2. The van der Waals surface area contributed by atoms with E-state index in [1.54, 1.807) is 6.92 Å². The fourth-order valence-corrected chi connectivity index (χ4v) is 3.10. The Hall–Kier alpha value is -0.620. The molecule has 2 rings (SSSR count). The number of likely N-dealkylation sites (N-methyl/N-ethyl adjacent to an activating group) is 1. The molecular weight excluding hydrogens is 366 g/mol. The van der Waals surface area contributed by atoms with E-state index >= 15 is 0 Å². The molecule has 1 fully saturated rings. The summed E-state index contributed by atoms with van der Waals surface area (Å²) >= 11 is 3.41. The summed E-state index contributed by atoms with van der Waals surface area (Å²) < 4.78 is 0.984. The second kappa shape index (κ2) is 7.77. The molecule has 4 nitrogen and oxygen atoms in total. The summed E-state index contributed by atoms with van der Waals surface area (Å²) in [7, 11) is 4.00. The average molecular weight is 391 g/mol. The van der Waals surface area contributed by atoms with E-state index in [0.29, 0.717) is 0 Å². The summed E-state index contributed by atoms with van der Waals surface area (Å²) in [4.78, 5) is 16.9. The Labute approximate surface area is 147 Å². The van der Waals surface area contributed by atoms with Crippen LogP contribution in [0.5, 0.6) is 0 Å². The van der Waals surface area contributed by atoms with Crippen LogP contribution in [-0.2, 0) is 10.3 Å². The van der Waals surface area contributed by atoms with Crippen molar-refractivity contribution in [2.75, 3.05) is 27.2 Å². The van der Waals surface area contributed by atoms with Gasteiger partial charge < -0.3 is 15.5 Å². The maximum atomic E-state index is 12.8. The van der Waals surface area contributed by atoms with Crippen molar-refractivity contribution in [1.82, 2.24) is 9.80 Å². The molecule has 0 radical (unpaired) electrons. The number of hydrogen-bond donors (Lipinski definition) is 1. The zero-order chi connectivity index (χ0) is 15.6. The number of benzene rings is 1. The lowest BCUT2D eigenvalue weighted by atomic mass is 9.90. The summed E-state index contributed by atoms with van der Waals surface area (Å²) in [6.45, 7) is 3.85. The third-order valence-electron chi connectivity index (χ3n) is 4.44. The highest BCUT2D eigenvalue weighted by Crippen LogP contribution is 2.25. The third kappa shape index (κ3) is 4.22. The van der Waals surface area contributed by atoms with E-state index in [0.717, 1.165) is 36.0 Å². The zero-order valence-corrected chi connectivity index (χ0v) is 15.8. The van der Waals surface area contributed by atoms with Crippen LogP contribution in [0.25, 0.3) is 0 Å². The lowest BCUT2D eigenvalue weighted by Gasteiger charge is -2.38. The van der Waals surface area contributed by atoms with Gasteiger partial charge in [-0.15, -0.1) is 12.4 Å². The quantitative estimate of drug-likeness (QED) is 0.863. The van der Waals surface area contributed by atoms with Crippen molar-refractivity contribution in [1.29, 1.82) is 0 Å². The van der Waals surface area contributed by atoms with Gasteiger partial charge in [-0.2, -0.15) is 0 Å². The number of carbonyl (C=O) groups excluding carboxylic acids is 1. The van der Waals surface area contributed by atoms with Gasteiger partial charge in [0.05, 0.1) is 0 Å². The van der Waals surface area contributed by atoms with Crippen LogP contribution in [0.1, 0.15) is 25.3 Å². The Kier molecular flexibility index (Phi) is 6.86. The first kappa shape index (κ1) is 19.4. The Morgan fingerprint density at radius 2 is 1.82 bits per heavy atom. The average Bonchev–Trinajstić information content (AvgIpc) is 2.47. The van der Waals surface area contributed by atoms with Gasteiger partial charge in [-0.1, -0.05) is 28.1 Å². The van der Waals surface area contributed by atoms with E-state index in [4.69, 9.17) is 5.73 Å². The largest absolute Gasteiger partial charge is 0.341 e. The van der Waals surface area contributed by atoms with Gasteiger partial charge in [-0.25, -0.2) is 0 Å². The van der Waals surface area contributed by atoms with Crippen LogP contribution in [0.15, 0.2) is 28.7 Å². The molecule has 1 aromatic carbocycles. The summed E-state index contributed by atoms with van der Waals surface area (Å²) in [5.41, 5.74) is 6.21. The number of halogens is 2. The van der Waals surface area contributed by atoms with E-state index in [9.17, 15) is 4.79 Å². The highest BCUT2D eigenvalue weighted by atomic mass is 79.9. The molecule has 0 saturated carbocycles. The molecule has 1 amide bonds. The summed E-state index contributed by atoms with van der Waals surface area (Å²) in [5, 5.41) is 0. The second-order valence-corrected chi connectivity index (χ2v) is 7.08. The lowest BCUT2D eigenvalue weighted by Crippen LogP contribution is -2.54. The molecule has 1 heterocycles. The van der Waals surface area contributed by atoms with Gasteiger partial charge in [0.2, 0.25) is 5.91 Å². The van der Waals surface area contributed by atoms with E-state index in [1.807, 2.05) is 36.2 Å². The standard InChI is InChI=1S/C16H24BrN3O.ClH/c1-16(18,12-4-6-13(17)7-5-12)15(21)20(3)14-8-10-19(2)11-9-14;/h4-7,14H,8-11,18H2,1-3H3;1H. The topological polar surface area (TPSA) is 49.6 Å². The minimum absolute atomic E-state index is 0. The molecule has 1 saturated heterocycles. The summed E-state index contributed by atoms with van der Waals surface area (Å²) in [5.74, 6) is -0.0145. The lowest BCUT2D eigenvalue weighted by molar-refractivity contribution is -0.138. The molecule has 124 valence electrons. The smallest absolute Gasteiger partial charge is 0.246 e. The Morgan fingerprint density at radius 1 is 1.32 bits per heavy atom.